The minimum absolute atomic E-state index is 0.106. The highest BCUT2D eigenvalue weighted by Crippen LogP contribution is 2.45. The zero-order valence-corrected chi connectivity index (χ0v) is 61.3. The first-order valence-corrected chi connectivity index (χ1v) is 40.2. The number of phosphoric ester groups is 2. The molecule has 540 valence electrons. The van der Waals surface area contributed by atoms with Crippen LogP contribution < -0.4 is 0 Å². The molecule has 0 heterocycles. The number of aliphatic hydroxyl groups is 1. The Morgan fingerprint density at radius 3 is 0.681 bits per heavy atom. The van der Waals surface area contributed by atoms with E-state index in [2.05, 4.69) is 55.4 Å². The van der Waals surface area contributed by atoms with E-state index in [9.17, 15) is 43.2 Å². The Hall–Kier alpha value is -1.94. The van der Waals surface area contributed by atoms with Crippen LogP contribution >= 0.6 is 15.6 Å². The van der Waals surface area contributed by atoms with E-state index in [1.54, 1.807) is 0 Å². The normalized spacial score (nSPS) is 14.2. The van der Waals surface area contributed by atoms with Gasteiger partial charge in [-0.1, -0.05) is 306 Å². The molecule has 2 unspecified atom stereocenters. The molecular formula is C72H140O17P2. The van der Waals surface area contributed by atoms with E-state index >= 15 is 0 Å². The quantitative estimate of drug-likeness (QED) is 0.0222. The summed E-state index contributed by atoms with van der Waals surface area (Å²) < 4.78 is 68.3. The minimum atomic E-state index is -4.95. The van der Waals surface area contributed by atoms with Gasteiger partial charge in [-0.05, 0) is 49.4 Å². The number of unbranched alkanes of at least 4 members (excludes halogenated alkanes) is 35. The van der Waals surface area contributed by atoms with Crippen LogP contribution in [0.15, 0.2) is 0 Å². The number of carbonyl (C=O) groups excluding carboxylic acids is 4. The second-order valence-corrected chi connectivity index (χ2v) is 30.8. The van der Waals surface area contributed by atoms with Gasteiger partial charge in [0.2, 0.25) is 0 Å². The number of phosphoric acid groups is 2. The van der Waals surface area contributed by atoms with Crippen molar-refractivity contribution in [2.75, 3.05) is 39.6 Å². The van der Waals surface area contributed by atoms with Gasteiger partial charge in [-0.2, -0.15) is 0 Å². The molecule has 0 aromatic rings. The van der Waals surface area contributed by atoms with Gasteiger partial charge in [0.05, 0.1) is 26.4 Å². The molecule has 0 aliphatic heterocycles. The number of hydrogen-bond acceptors (Lipinski definition) is 15. The molecular weight excluding hydrogens is 1200 g/mol. The molecule has 0 saturated carbocycles. The highest BCUT2D eigenvalue weighted by Gasteiger charge is 2.30. The third kappa shape index (κ3) is 66.5. The van der Waals surface area contributed by atoms with Gasteiger partial charge in [0.15, 0.2) is 12.2 Å². The van der Waals surface area contributed by atoms with E-state index in [1.807, 2.05) is 0 Å². The maximum absolute atomic E-state index is 13.0. The first-order valence-electron chi connectivity index (χ1n) is 37.2. The van der Waals surface area contributed by atoms with Gasteiger partial charge in [0, 0.05) is 25.7 Å². The largest absolute Gasteiger partial charge is 0.472 e. The van der Waals surface area contributed by atoms with Crippen LogP contribution in [-0.4, -0.2) is 96.7 Å². The molecule has 91 heavy (non-hydrogen) atoms. The predicted molar refractivity (Wildman–Crippen MR) is 367 cm³/mol. The van der Waals surface area contributed by atoms with Crippen LogP contribution in [-0.2, 0) is 65.4 Å². The molecule has 0 aromatic heterocycles. The summed E-state index contributed by atoms with van der Waals surface area (Å²) in [6, 6.07) is 0. The fourth-order valence-corrected chi connectivity index (χ4v) is 12.4. The molecule has 0 aromatic carbocycles. The van der Waals surface area contributed by atoms with Crippen molar-refractivity contribution in [1.82, 2.24) is 0 Å². The second-order valence-electron chi connectivity index (χ2n) is 27.9. The highest BCUT2D eigenvalue weighted by atomic mass is 31.2. The Balaban J connectivity index is 5.22. The molecule has 0 amide bonds. The van der Waals surface area contributed by atoms with Crippen molar-refractivity contribution >= 4 is 39.5 Å². The summed E-state index contributed by atoms with van der Waals surface area (Å²) in [5, 5.41) is 10.6. The van der Waals surface area contributed by atoms with Gasteiger partial charge in [0.25, 0.3) is 0 Å². The van der Waals surface area contributed by atoms with E-state index in [-0.39, 0.29) is 25.7 Å². The summed E-state index contributed by atoms with van der Waals surface area (Å²) >= 11 is 0. The van der Waals surface area contributed by atoms with E-state index < -0.39 is 97.5 Å². The van der Waals surface area contributed by atoms with Gasteiger partial charge >= 0.3 is 39.5 Å². The number of ether oxygens (including phenoxy) is 4. The smallest absolute Gasteiger partial charge is 0.462 e. The van der Waals surface area contributed by atoms with Crippen molar-refractivity contribution in [3.63, 3.8) is 0 Å². The molecule has 0 aliphatic rings. The summed E-state index contributed by atoms with van der Waals surface area (Å²) in [6.07, 6.45) is 44.7. The van der Waals surface area contributed by atoms with E-state index in [4.69, 9.17) is 37.0 Å². The Morgan fingerprint density at radius 1 is 0.275 bits per heavy atom. The van der Waals surface area contributed by atoms with Crippen LogP contribution in [0.4, 0.5) is 0 Å². The molecule has 17 nitrogen and oxygen atoms in total. The molecule has 0 rings (SSSR count). The second kappa shape index (κ2) is 61.6. The van der Waals surface area contributed by atoms with Crippen molar-refractivity contribution in [3.8, 4) is 0 Å². The molecule has 0 fully saturated rings. The lowest BCUT2D eigenvalue weighted by atomic mass is 10.0. The van der Waals surface area contributed by atoms with Gasteiger partial charge in [-0.25, -0.2) is 9.13 Å². The van der Waals surface area contributed by atoms with Crippen molar-refractivity contribution in [2.24, 2.45) is 23.7 Å². The van der Waals surface area contributed by atoms with E-state index in [1.165, 1.54) is 148 Å². The Kier molecular flexibility index (Phi) is 60.3. The first-order chi connectivity index (χ1) is 43.6. The lowest BCUT2D eigenvalue weighted by Crippen LogP contribution is -2.30. The fraction of sp³-hybridized carbons (Fsp3) is 0.944. The van der Waals surface area contributed by atoms with Crippen molar-refractivity contribution in [2.45, 2.75) is 375 Å². The van der Waals surface area contributed by atoms with Crippen LogP contribution in [0.5, 0.6) is 0 Å². The number of esters is 4. The van der Waals surface area contributed by atoms with Gasteiger partial charge < -0.3 is 33.8 Å². The number of rotatable bonds is 69. The van der Waals surface area contributed by atoms with Gasteiger partial charge in [-0.15, -0.1) is 0 Å². The van der Waals surface area contributed by atoms with E-state index in [0.29, 0.717) is 37.5 Å². The monoisotopic (exact) mass is 1340 g/mol. The maximum Gasteiger partial charge on any atom is 0.472 e. The van der Waals surface area contributed by atoms with Crippen molar-refractivity contribution < 1.29 is 80.2 Å². The van der Waals surface area contributed by atoms with Crippen LogP contribution in [0.25, 0.3) is 0 Å². The number of carbonyl (C=O) groups is 4. The van der Waals surface area contributed by atoms with Crippen molar-refractivity contribution in [3.05, 3.63) is 0 Å². The topological polar surface area (TPSA) is 237 Å². The zero-order valence-electron chi connectivity index (χ0n) is 59.5. The average Bonchev–Trinajstić information content (AvgIpc) is 2.92. The Labute approximate surface area is 556 Å². The zero-order chi connectivity index (χ0) is 67.5. The van der Waals surface area contributed by atoms with Gasteiger partial charge in [0.1, 0.15) is 19.3 Å². The van der Waals surface area contributed by atoms with Crippen LogP contribution in [0.2, 0.25) is 0 Å². The molecule has 19 heteroatoms. The molecule has 5 atom stereocenters. The molecule has 0 aliphatic carbocycles. The lowest BCUT2D eigenvalue weighted by Gasteiger charge is -2.21. The van der Waals surface area contributed by atoms with Gasteiger partial charge in [-0.3, -0.25) is 37.3 Å². The summed E-state index contributed by atoms with van der Waals surface area (Å²) in [5.74, 6) is 0.829. The maximum atomic E-state index is 13.0. The minimum Gasteiger partial charge on any atom is -0.462 e. The third-order valence-corrected chi connectivity index (χ3v) is 18.5. The van der Waals surface area contributed by atoms with Crippen LogP contribution in [0.1, 0.15) is 357 Å². The molecule has 0 bridgehead atoms. The summed E-state index contributed by atoms with van der Waals surface area (Å²) in [6.45, 7) is 14.1. The number of aliphatic hydroxyl groups excluding tert-OH is 1. The Bertz CT molecular complexity index is 1800. The predicted octanol–water partition coefficient (Wildman–Crippen LogP) is 20.5. The number of hydrogen-bond donors (Lipinski definition) is 3. The summed E-state index contributed by atoms with van der Waals surface area (Å²) in [7, 11) is -9.90. The molecule has 0 spiro atoms. The third-order valence-electron chi connectivity index (χ3n) is 16.6. The first kappa shape index (κ1) is 89.1. The van der Waals surface area contributed by atoms with Crippen LogP contribution in [0.3, 0.4) is 0 Å². The SMILES string of the molecule is CC(C)CCCCCCCCCCCCCCCC(=O)O[C@H](COC(=O)CCCCCCCCCC(C)C)COP(=O)(O)OC[C@@H](O)COP(=O)(O)OC[C@@H](COC(=O)CCCCCCCCC(C)C)OC(=O)CCCCCCCCCCCCCCCC(C)C. The van der Waals surface area contributed by atoms with Crippen molar-refractivity contribution in [1.29, 1.82) is 0 Å². The molecule has 0 saturated heterocycles. The summed E-state index contributed by atoms with van der Waals surface area (Å²) in [5.41, 5.74) is 0. The molecule has 3 N–H and O–H groups in total. The van der Waals surface area contributed by atoms with E-state index in [0.717, 1.165) is 115 Å². The Morgan fingerprint density at radius 2 is 0.462 bits per heavy atom. The average molecular weight is 1340 g/mol. The fourth-order valence-electron chi connectivity index (χ4n) is 10.8. The van der Waals surface area contributed by atoms with Crippen LogP contribution in [0, 0.1) is 23.7 Å². The highest BCUT2D eigenvalue weighted by molar-refractivity contribution is 7.47. The summed E-state index contributed by atoms with van der Waals surface area (Å²) in [4.78, 5) is 72.6. The lowest BCUT2D eigenvalue weighted by molar-refractivity contribution is -0.161. The standard InChI is InChI=1S/C72H140O17P2/c1-62(2)48-40-32-24-19-15-11-9-13-17-21-27-38-46-54-71(76)88-67(58-82-69(74)52-44-36-29-23-26-34-42-50-64(5)6)60-86-90(78,79)84-56-66(73)57-85-91(80,81)87-61-68(59-83-70(75)53-45-37-31-30-35-43-51-65(7)8)89-72(77)55-47-39-28-22-18-14-10-12-16-20-25-33-41-49-63(3)4/h62-68,73H,9-61H2,1-8H3,(H,78,79)(H,80,81)/t66-,67-,68-/m1/s1. The molecule has 0 radical (unpaired) electrons.